The minimum atomic E-state index is -0.0524. The van der Waals surface area contributed by atoms with Gasteiger partial charge in [-0.3, -0.25) is 9.69 Å². The van der Waals surface area contributed by atoms with Crippen LogP contribution in [0.1, 0.15) is 56.9 Å². The number of rotatable bonds is 5. The van der Waals surface area contributed by atoms with Crippen molar-refractivity contribution in [2.24, 2.45) is 5.92 Å². The number of carbonyl (C=O) groups excluding carboxylic acids is 1. The van der Waals surface area contributed by atoms with Gasteiger partial charge < -0.3 is 5.32 Å². The number of anilines is 1. The Labute approximate surface area is 163 Å². The summed E-state index contributed by atoms with van der Waals surface area (Å²) < 4.78 is 0. The maximum absolute atomic E-state index is 12.3. The summed E-state index contributed by atoms with van der Waals surface area (Å²) in [5, 5.41) is 8.69. The van der Waals surface area contributed by atoms with Crippen molar-refractivity contribution in [3.05, 3.63) is 27.2 Å². The summed E-state index contributed by atoms with van der Waals surface area (Å²) in [6.07, 6.45) is 2.82. The Morgan fingerprint density at radius 1 is 1.19 bits per heavy atom. The highest BCUT2D eigenvalue weighted by Crippen LogP contribution is 2.26. The predicted molar refractivity (Wildman–Crippen MR) is 109 cm³/mol. The van der Waals surface area contributed by atoms with Gasteiger partial charge in [0.15, 0.2) is 5.13 Å². The fraction of sp³-hybridized carbons (Fsp3) is 0.632. The maximum atomic E-state index is 12.3. The number of amides is 1. The van der Waals surface area contributed by atoms with Crippen LogP contribution in [0.15, 0.2) is 10.8 Å². The largest absolute Gasteiger partial charge is 0.302 e. The van der Waals surface area contributed by atoms with Crippen LogP contribution in [-0.4, -0.2) is 33.9 Å². The summed E-state index contributed by atoms with van der Waals surface area (Å²) >= 11 is 3.12. The fourth-order valence-corrected chi connectivity index (χ4v) is 4.57. The normalized spacial score (nSPS) is 16.8. The molecule has 0 spiro atoms. The van der Waals surface area contributed by atoms with Crippen molar-refractivity contribution in [3.8, 4) is 0 Å². The number of carbonyl (C=O) groups is 1. The summed E-state index contributed by atoms with van der Waals surface area (Å²) in [4.78, 5) is 23.9. The molecule has 2 aromatic heterocycles. The van der Waals surface area contributed by atoms with Crippen molar-refractivity contribution in [2.75, 3.05) is 18.4 Å². The summed E-state index contributed by atoms with van der Waals surface area (Å²) in [6, 6.07) is 0. The average molecular weight is 393 g/mol. The molecule has 3 rings (SSSR count). The molecule has 1 saturated heterocycles. The van der Waals surface area contributed by atoms with Crippen LogP contribution in [0.25, 0.3) is 0 Å². The fourth-order valence-electron chi connectivity index (χ4n) is 2.95. The van der Waals surface area contributed by atoms with Gasteiger partial charge in [-0.1, -0.05) is 27.7 Å². The monoisotopic (exact) mass is 392 g/mol. The van der Waals surface area contributed by atoms with Gasteiger partial charge in [0.2, 0.25) is 5.91 Å². The van der Waals surface area contributed by atoms with E-state index in [0.717, 1.165) is 41.9 Å². The molecule has 0 bridgehead atoms. The molecule has 1 aliphatic rings. The van der Waals surface area contributed by atoms with Crippen molar-refractivity contribution < 1.29 is 4.79 Å². The first-order valence-corrected chi connectivity index (χ1v) is 11.0. The molecule has 1 amide bonds. The Bertz CT molecular complexity index is 739. The highest BCUT2D eigenvalue weighted by molar-refractivity contribution is 7.14. The molecule has 0 aliphatic carbocycles. The van der Waals surface area contributed by atoms with Gasteiger partial charge in [-0.25, -0.2) is 9.97 Å². The van der Waals surface area contributed by atoms with Crippen LogP contribution in [-0.2, 0) is 23.2 Å². The Morgan fingerprint density at radius 3 is 2.54 bits per heavy atom. The van der Waals surface area contributed by atoms with Crippen molar-refractivity contribution >= 4 is 33.7 Å². The zero-order chi connectivity index (χ0) is 18.7. The number of likely N-dealkylation sites (tertiary alicyclic amines) is 1. The van der Waals surface area contributed by atoms with E-state index >= 15 is 0 Å². The van der Waals surface area contributed by atoms with Crippen LogP contribution in [0.4, 0.5) is 5.13 Å². The van der Waals surface area contributed by atoms with Gasteiger partial charge in [0.1, 0.15) is 0 Å². The zero-order valence-corrected chi connectivity index (χ0v) is 17.7. The SMILES string of the molecule is CC1CCN(Cc2csc(NC(=O)Cc3csc(C(C)(C)C)n3)n2)CC1. The third-order valence-electron chi connectivity index (χ3n) is 4.59. The number of piperidine rings is 1. The van der Waals surface area contributed by atoms with Crippen LogP contribution in [0.5, 0.6) is 0 Å². The Balaban J connectivity index is 1.50. The van der Waals surface area contributed by atoms with Crippen molar-refractivity contribution in [1.82, 2.24) is 14.9 Å². The first kappa shape index (κ1) is 19.5. The number of nitrogens with zero attached hydrogens (tertiary/aromatic N) is 3. The van der Waals surface area contributed by atoms with E-state index in [1.165, 1.54) is 24.2 Å². The number of aromatic nitrogens is 2. The molecule has 5 nitrogen and oxygen atoms in total. The second-order valence-electron chi connectivity index (χ2n) is 8.22. The van der Waals surface area contributed by atoms with Gasteiger partial charge in [0.25, 0.3) is 0 Å². The van der Waals surface area contributed by atoms with Gasteiger partial charge in [0.05, 0.1) is 22.8 Å². The van der Waals surface area contributed by atoms with E-state index in [0.29, 0.717) is 11.6 Å². The standard InChI is InChI=1S/C19H28N4OS2/c1-13-5-7-23(8-6-13)10-15-12-26-18(21-15)22-16(24)9-14-11-25-17(20-14)19(2,3)4/h11-13H,5-10H2,1-4H3,(H,21,22,24). The second kappa shape index (κ2) is 8.15. The lowest BCUT2D eigenvalue weighted by Crippen LogP contribution is -2.32. The molecule has 1 N–H and O–H groups in total. The van der Waals surface area contributed by atoms with E-state index in [1.807, 2.05) is 10.8 Å². The van der Waals surface area contributed by atoms with Gasteiger partial charge in [-0.2, -0.15) is 0 Å². The molecular weight excluding hydrogens is 364 g/mol. The van der Waals surface area contributed by atoms with E-state index in [1.54, 1.807) is 11.3 Å². The molecule has 142 valence electrons. The van der Waals surface area contributed by atoms with Crippen LogP contribution in [0.2, 0.25) is 0 Å². The molecular formula is C19H28N4OS2. The van der Waals surface area contributed by atoms with Crippen LogP contribution in [0, 0.1) is 5.92 Å². The number of hydrogen-bond donors (Lipinski definition) is 1. The Morgan fingerprint density at radius 2 is 1.88 bits per heavy atom. The molecule has 0 atom stereocenters. The lowest BCUT2D eigenvalue weighted by molar-refractivity contribution is -0.115. The molecule has 1 aliphatic heterocycles. The minimum Gasteiger partial charge on any atom is -0.302 e. The molecule has 0 unspecified atom stereocenters. The second-order valence-corrected chi connectivity index (χ2v) is 9.94. The van der Waals surface area contributed by atoms with Gasteiger partial charge in [-0.05, 0) is 31.8 Å². The van der Waals surface area contributed by atoms with Gasteiger partial charge in [-0.15, -0.1) is 22.7 Å². The highest BCUT2D eigenvalue weighted by Gasteiger charge is 2.20. The molecule has 0 radical (unpaired) electrons. The van der Waals surface area contributed by atoms with Crippen molar-refractivity contribution in [3.63, 3.8) is 0 Å². The van der Waals surface area contributed by atoms with E-state index < -0.39 is 0 Å². The molecule has 3 heterocycles. The Kier molecular flexibility index (Phi) is 6.10. The lowest BCUT2D eigenvalue weighted by atomic mass is 9.98. The lowest BCUT2D eigenvalue weighted by Gasteiger charge is -2.29. The maximum Gasteiger partial charge on any atom is 0.232 e. The van der Waals surface area contributed by atoms with E-state index in [-0.39, 0.29) is 11.3 Å². The summed E-state index contributed by atoms with van der Waals surface area (Å²) in [5.74, 6) is 0.782. The molecule has 0 aromatic carbocycles. The summed E-state index contributed by atoms with van der Waals surface area (Å²) in [5.41, 5.74) is 1.90. The van der Waals surface area contributed by atoms with Crippen LogP contribution >= 0.6 is 22.7 Å². The number of nitrogens with one attached hydrogen (secondary N) is 1. The summed E-state index contributed by atoms with van der Waals surface area (Å²) in [6.45, 7) is 11.9. The van der Waals surface area contributed by atoms with Crippen molar-refractivity contribution in [1.29, 1.82) is 0 Å². The third-order valence-corrected chi connectivity index (χ3v) is 6.72. The van der Waals surface area contributed by atoms with Crippen LogP contribution < -0.4 is 5.32 Å². The minimum absolute atomic E-state index is 0.0237. The average Bonchev–Trinajstić information content (AvgIpc) is 3.19. The van der Waals surface area contributed by atoms with E-state index in [2.05, 4.69) is 47.9 Å². The zero-order valence-electron chi connectivity index (χ0n) is 16.0. The smallest absolute Gasteiger partial charge is 0.232 e. The first-order chi connectivity index (χ1) is 12.3. The molecule has 0 saturated carbocycles. The highest BCUT2D eigenvalue weighted by atomic mass is 32.1. The Hall–Kier alpha value is -1.31. The third kappa shape index (κ3) is 5.34. The topological polar surface area (TPSA) is 58.1 Å². The van der Waals surface area contributed by atoms with Gasteiger partial charge >= 0.3 is 0 Å². The molecule has 1 fully saturated rings. The first-order valence-electron chi connectivity index (χ1n) is 9.21. The quantitative estimate of drug-likeness (QED) is 0.824. The number of thiazole rings is 2. The molecule has 26 heavy (non-hydrogen) atoms. The summed E-state index contributed by atoms with van der Waals surface area (Å²) in [7, 11) is 0. The van der Waals surface area contributed by atoms with Gasteiger partial charge in [0, 0.05) is 22.7 Å². The van der Waals surface area contributed by atoms with E-state index in [9.17, 15) is 4.79 Å². The van der Waals surface area contributed by atoms with E-state index in [4.69, 9.17) is 0 Å². The molecule has 2 aromatic rings. The van der Waals surface area contributed by atoms with Crippen LogP contribution in [0.3, 0.4) is 0 Å². The molecule has 7 heteroatoms. The predicted octanol–water partition coefficient (Wildman–Crippen LogP) is 4.31. The van der Waals surface area contributed by atoms with Crippen molar-refractivity contribution in [2.45, 2.75) is 58.9 Å². The number of hydrogen-bond acceptors (Lipinski definition) is 6.